The van der Waals surface area contributed by atoms with E-state index in [0.29, 0.717) is 5.92 Å². The molecule has 0 aromatic heterocycles. The van der Waals surface area contributed by atoms with Gasteiger partial charge in [0.1, 0.15) is 0 Å². The summed E-state index contributed by atoms with van der Waals surface area (Å²) in [6.45, 7) is 3.10. The standard InChI is InChI=1S/C11H20N2O2/c1-8-3-2-6-12-9(8)10(15)13-11(7-14)4-5-11/h8-9,12,14H,2-7H2,1H3,(H,13,15). The molecular weight excluding hydrogens is 192 g/mol. The lowest BCUT2D eigenvalue weighted by Crippen LogP contribution is -2.54. The van der Waals surface area contributed by atoms with Gasteiger partial charge < -0.3 is 15.7 Å². The highest BCUT2D eigenvalue weighted by Crippen LogP contribution is 2.34. The van der Waals surface area contributed by atoms with Crippen LogP contribution in [0.15, 0.2) is 0 Å². The minimum absolute atomic E-state index is 0.0637. The van der Waals surface area contributed by atoms with Gasteiger partial charge in [0.2, 0.25) is 5.91 Å². The zero-order chi connectivity index (χ0) is 10.9. The third-order valence-electron chi connectivity index (χ3n) is 3.60. The SMILES string of the molecule is CC1CCCNC1C(=O)NC1(CO)CC1. The molecule has 4 heteroatoms. The van der Waals surface area contributed by atoms with Crippen LogP contribution in [-0.2, 0) is 4.79 Å². The molecule has 2 rings (SSSR count). The van der Waals surface area contributed by atoms with Crippen LogP contribution >= 0.6 is 0 Å². The largest absolute Gasteiger partial charge is 0.394 e. The summed E-state index contributed by atoms with van der Waals surface area (Å²) in [7, 11) is 0. The Labute approximate surface area is 90.4 Å². The van der Waals surface area contributed by atoms with Gasteiger partial charge in [0.15, 0.2) is 0 Å². The lowest BCUT2D eigenvalue weighted by Gasteiger charge is -2.30. The molecule has 2 aliphatic rings. The van der Waals surface area contributed by atoms with Gasteiger partial charge in [-0.25, -0.2) is 0 Å². The molecule has 1 aliphatic heterocycles. The van der Waals surface area contributed by atoms with Crippen molar-refractivity contribution in [2.75, 3.05) is 13.2 Å². The number of aliphatic hydroxyl groups is 1. The van der Waals surface area contributed by atoms with Crippen LogP contribution in [-0.4, -0.2) is 35.7 Å². The molecule has 0 bridgehead atoms. The number of nitrogens with one attached hydrogen (secondary N) is 2. The number of piperidine rings is 1. The van der Waals surface area contributed by atoms with Crippen LogP contribution in [0.5, 0.6) is 0 Å². The van der Waals surface area contributed by atoms with E-state index < -0.39 is 0 Å². The van der Waals surface area contributed by atoms with Crippen molar-refractivity contribution in [3.8, 4) is 0 Å². The minimum Gasteiger partial charge on any atom is -0.394 e. The number of rotatable bonds is 3. The summed E-state index contributed by atoms with van der Waals surface area (Å²) in [5.74, 6) is 0.460. The molecule has 3 N–H and O–H groups in total. The van der Waals surface area contributed by atoms with Gasteiger partial charge in [0.25, 0.3) is 0 Å². The Morgan fingerprint density at radius 3 is 2.87 bits per heavy atom. The molecule has 4 nitrogen and oxygen atoms in total. The Bertz CT molecular complexity index is 251. The summed E-state index contributed by atoms with van der Waals surface area (Å²) < 4.78 is 0. The summed E-state index contributed by atoms with van der Waals surface area (Å²) in [5.41, 5.74) is -0.282. The molecule has 1 aliphatic carbocycles. The number of aliphatic hydroxyl groups excluding tert-OH is 1. The normalized spacial score (nSPS) is 33.5. The Kier molecular flexibility index (Phi) is 2.98. The van der Waals surface area contributed by atoms with Crippen LogP contribution in [0.1, 0.15) is 32.6 Å². The first-order valence-electron chi connectivity index (χ1n) is 5.83. The van der Waals surface area contributed by atoms with Crippen LogP contribution in [0.25, 0.3) is 0 Å². The van der Waals surface area contributed by atoms with Gasteiger partial charge in [-0.1, -0.05) is 6.92 Å². The Morgan fingerprint density at radius 1 is 1.60 bits per heavy atom. The zero-order valence-corrected chi connectivity index (χ0v) is 9.25. The predicted molar refractivity (Wildman–Crippen MR) is 57.4 cm³/mol. The molecule has 0 spiro atoms. The van der Waals surface area contributed by atoms with E-state index in [1.165, 1.54) is 0 Å². The van der Waals surface area contributed by atoms with Gasteiger partial charge >= 0.3 is 0 Å². The maximum Gasteiger partial charge on any atom is 0.237 e. The second kappa shape index (κ2) is 4.10. The van der Waals surface area contributed by atoms with Crippen molar-refractivity contribution in [3.05, 3.63) is 0 Å². The molecule has 2 fully saturated rings. The first kappa shape index (κ1) is 10.9. The second-order valence-electron chi connectivity index (χ2n) is 4.98. The monoisotopic (exact) mass is 212 g/mol. The van der Waals surface area contributed by atoms with Crippen molar-refractivity contribution in [1.82, 2.24) is 10.6 Å². The summed E-state index contributed by atoms with van der Waals surface area (Å²) in [6, 6.07) is -0.0669. The number of carbonyl (C=O) groups is 1. The smallest absolute Gasteiger partial charge is 0.237 e. The van der Waals surface area contributed by atoms with Crippen LogP contribution in [0.4, 0.5) is 0 Å². The zero-order valence-electron chi connectivity index (χ0n) is 9.25. The van der Waals surface area contributed by atoms with E-state index in [2.05, 4.69) is 17.6 Å². The van der Waals surface area contributed by atoms with Crippen molar-refractivity contribution in [3.63, 3.8) is 0 Å². The van der Waals surface area contributed by atoms with E-state index in [-0.39, 0.29) is 24.1 Å². The van der Waals surface area contributed by atoms with E-state index in [0.717, 1.165) is 32.2 Å². The quantitative estimate of drug-likeness (QED) is 0.618. The number of amides is 1. The lowest BCUT2D eigenvalue weighted by atomic mass is 9.92. The fourth-order valence-electron chi connectivity index (χ4n) is 2.21. The van der Waals surface area contributed by atoms with Gasteiger partial charge in [0.05, 0.1) is 18.2 Å². The van der Waals surface area contributed by atoms with Gasteiger partial charge in [-0.2, -0.15) is 0 Å². The molecule has 2 atom stereocenters. The summed E-state index contributed by atoms with van der Waals surface area (Å²) in [6.07, 6.45) is 4.08. The molecule has 1 heterocycles. The Balaban J connectivity index is 1.89. The van der Waals surface area contributed by atoms with Gasteiger partial charge in [-0.3, -0.25) is 4.79 Å². The first-order chi connectivity index (χ1) is 7.17. The van der Waals surface area contributed by atoms with Crippen LogP contribution in [0, 0.1) is 5.92 Å². The highest BCUT2D eigenvalue weighted by Gasteiger charge is 2.45. The van der Waals surface area contributed by atoms with E-state index in [1.807, 2.05) is 0 Å². The summed E-state index contributed by atoms with van der Waals surface area (Å²) in [4.78, 5) is 11.9. The molecule has 86 valence electrons. The third-order valence-corrected chi connectivity index (χ3v) is 3.60. The molecule has 2 unspecified atom stereocenters. The van der Waals surface area contributed by atoms with Gasteiger partial charge in [-0.15, -0.1) is 0 Å². The van der Waals surface area contributed by atoms with Crippen molar-refractivity contribution in [1.29, 1.82) is 0 Å². The van der Waals surface area contributed by atoms with Crippen molar-refractivity contribution in [2.24, 2.45) is 5.92 Å². The molecule has 1 saturated heterocycles. The van der Waals surface area contributed by atoms with Crippen LogP contribution < -0.4 is 10.6 Å². The number of carbonyl (C=O) groups excluding carboxylic acids is 1. The first-order valence-corrected chi connectivity index (χ1v) is 5.83. The van der Waals surface area contributed by atoms with Gasteiger partial charge in [0, 0.05) is 0 Å². The second-order valence-corrected chi connectivity index (χ2v) is 4.98. The fourth-order valence-corrected chi connectivity index (χ4v) is 2.21. The highest BCUT2D eigenvalue weighted by molar-refractivity contribution is 5.83. The van der Waals surface area contributed by atoms with E-state index in [9.17, 15) is 4.79 Å². The van der Waals surface area contributed by atoms with Crippen molar-refractivity contribution in [2.45, 2.75) is 44.2 Å². The molecule has 1 amide bonds. The minimum atomic E-state index is -0.282. The molecule has 0 aromatic rings. The number of hydrogen-bond acceptors (Lipinski definition) is 3. The maximum atomic E-state index is 11.9. The average molecular weight is 212 g/mol. The Hall–Kier alpha value is -0.610. The highest BCUT2D eigenvalue weighted by atomic mass is 16.3. The molecule has 1 saturated carbocycles. The fraction of sp³-hybridized carbons (Fsp3) is 0.909. The van der Waals surface area contributed by atoms with Crippen LogP contribution in [0.3, 0.4) is 0 Å². The summed E-state index contributed by atoms with van der Waals surface area (Å²) in [5, 5.41) is 15.3. The Morgan fingerprint density at radius 2 is 2.33 bits per heavy atom. The topological polar surface area (TPSA) is 61.4 Å². The molecule has 0 aromatic carbocycles. The average Bonchev–Trinajstić information content (AvgIpc) is 2.99. The van der Waals surface area contributed by atoms with E-state index in [1.54, 1.807) is 0 Å². The van der Waals surface area contributed by atoms with Crippen LogP contribution in [0.2, 0.25) is 0 Å². The maximum absolute atomic E-state index is 11.9. The number of hydrogen-bond donors (Lipinski definition) is 3. The van der Waals surface area contributed by atoms with E-state index >= 15 is 0 Å². The molecule has 0 radical (unpaired) electrons. The molecular formula is C11H20N2O2. The van der Waals surface area contributed by atoms with Crippen molar-refractivity contribution < 1.29 is 9.90 Å². The predicted octanol–water partition coefficient (Wildman–Crippen LogP) is 0.0156. The summed E-state index contributed by atoms with van der Waals surface area (Å²) >= 11 is 0. The van der Waals surface area contributed by atoms with E-state index in [4.69, 9.17) is 5.11 Å². The lowest BCUT2D eigenvalue weighted by molar-refractivity contribution is -0.126. The van der Waals surface area contributed by atoms with Crippen molar-refractivity contribution >= 4 is 5.91 Å². The van der Waals surface area contributed by atoms with Gasteiger partial charge in [-0.05, 0) is 38.1 Å². The third kappa shape index (κ3) is 2.32. The molecule has 15 heavy (non-hydrogen) atoms.